The van der Waals surface area contributed by atoms with Crippen molar-refractivity contribution < 1.29 is 4.79 Å². The van der Waals surface area contributed by atoms with Crippen LogP contribution < -0.4 is 10.6 Å². The van der Waals surface area contributed by atoms with Gasteiger partial charge in [0.15, 0.2) is 0 Å². The maximum absolute atomic E-state index is 12.2. The lowest BCUT2D eigenvalue weighted by atomic mass is 10.2. The topological polar surface area (TPSA) is 66.9 Å². The standard InChI is InChI=1S/C18H15ClN4O/c19-14-1-3-15(4-2-14)23-16-7-10-21-17(11-16)18(24)22-12-13-5-8-20-9-6-13/h1-11H,12H2,(H,21,23)(H,22,24). The van der Waals surface area contributed by atoms with Gasteiger partial charge in [0.2, 0.25) is 0 Å². The highest BCUT2D eigenvalue weighted by Gasteiger charge is 2.08. The fourth-order valence-electron chi connectivity index (χ4n) is 2.11. The molecule has 2 heterocycles. The minimum Gasteiger partial charge on any atom is -0.355 e. The molecular weight excluding hydrogens is 324 g/mol. The van der Waals surface area contributed by atoms with E-state index in [1.807, 2.05) is 24.3 Å². The molecule has 1 aromatic carbocycles. The highest BCUT2D eigenvalue weighted by atomic mass is 35.5. The molecule has 5 nitrogen and oxygen atoms in total. The number of rotatable bonds is 5. The van der Waals surface area contributed by atoms with Crippen LogP contribution in [-0.4, -0.2) is 15.9 Å². The van der Waals surface area contributed by atoms with Crippen LogP contribution in [-0.2, 0) is 6.54 Å². The zero-order valence-corrected chi connectivity index (χ0v) is 13.5. The van der Waals surface area contributed by atoms with Gasteiger partial charge in [0.05, 0.1) is 0 Å². The third-order valence-corrected chi connectivity index (χ3v) is 3.58. The number of benzene rings is 1. The van der Waals surface area contributed by atoms with E-state index in [1.54, 1.807) is 42.9 Å². The summed E-state index contributed by atoms with van der Waals surface area (Å²) < 4.78 is 0. The first-order valence-electron chi connectivity index (χ1n) is 7.36. The van der Waals surface area contributed by atoms with Crippen molar-refractivity contribution >= 4 is 28.9 Å². The molecule has 0 unspecified atom stereocenters. The van der Waals surface area contributed by atoms with Crippen molar-refractivity contribution in [1.82, 2.24) is 15.3 Å². The Kier molecular flexibility index (Phi) is 5.03. The second-order valence-corrected chi connectivity index (χ2v) is 5.54. The van der Waals surface area contributed by atoms with Crippen LogP contribution in [0.2, 0.25) is 5.02 Å². The molecule has 120 valence electrons. The van der Waals surface area contributed by atoms with Gasteiger partial charge in [-0.3, -0.25) is 14.8 Å². The zero-order valence-electron chi connectivity index (χ0n) is 12.7. The van der Waals surface area contributed by atoms with Crippen molar-refractivity contribution in [2.24, 2.45) is 0 Å². The molecule has 0 aliphatic rings. The quantitative estimate of drug-likeness (QED) is 0.742. The minimum absolute atomic E-state index is 0.230. The zero-order chi connectivity index (χ0) is 16.8. The van der Waals surface area contributed by atoms with Crippen LogP contribution in [0, 0.1) is 0 Å². The molecule has 6 heteroatoms. The van der Waals surface area contributed by atoms with E-state index < -0.39 is 0 Å². The smallest absolute Gasteiger partial charge is 0.270 e. The van der Waals surface area contributed by atoms with Crippen LogP contribution in [0.4, 0.5) is 11.4 Å². The molecule has 0 saturated heterocycles. The van der Waals surface area contributed by atoms with E-state index in [2.05, 4.69) is 20.6 Å². The van der Waals surface area contributed by atoms with E-state index in [9.17, 15) is 4.79 Å². The summed E-state index contributed by atoms with van der Waals surface area (Å²) in [6.07, 6.45) is 4.98. The summed E-state index contributed by atoms with van der Waals surface area (Å²) in [6, 6.07) is 14.5. The second-order valence-electron chi connectivity index (χ2n) is 5.10. The summed E-state index contributed by atoms with van der Waals surface area (Å²) in [5, 5.41) is 6.73. The first-order chi connectivity index (χ1) is 11.7. The van der Waals surface area contributed by atoms with Gasteiger partial charge in [0, 0.05) is 41.5 Å². The number of nitrogens with zero attached hydrogens (tertiary/aromatic N) is 2. The summed E-state index contributed by atoms with van der Waals surface area (Å²) in [5.41, 5.74) is 2.99. The molecule has 0 fully saturated rings. The Morgan fingerprint density at radius 1 is 0.958 bits per heavy atom. The van der Waals surface area contributed by atoms with Crippen molar-refractivity contribution in [3.05, 3.63) is 83.4 Å². The molecule has 0 spiro atoms. The first kappa shape index (κ1) is 16.0. The van der Waals surface area contributed by atoms with Crippen molar-refractivity contribution in [3.8, 4) is 0 Å². The molecule has 0 atom stereocenters. The Hall–Kier alpha value is -2.92. The molecule has 3 aromatic rings. The number of halogens is 1. The van der Waals surface area contributed by atoms with Gasteiger partial charge in [0.25, 0.3) is 5.91 Å². The number of carbonyl (C=O) groups excluding carboxylic acids is 1. The maximum Gasteiger partial charge on any atom is 0.270 e. The summed E-state index contributed by atoms with van der Waals surface area (Å²) in [4.78, 5) is 20.3. The predicted molar refractivity (Wildman–Crippen MR) is 94.4 cm³/mol. The van der Waals surface area contributed by atoms with Crippen molar-refractivity contribution in [2.45, 2.75) is 6.54 Å². The average molecular weight is 339 g/mol. The molecule has 24 heavy (non-hydrogen) atoms. The summed E-state index contributed by atoms with van der Waals surface area (Å²) in [5.74, 6) is -0.230. The molecule has 3 rings (SSSR count). The van der Waals surface area contributed by atoms with E-state index in [0.717, 1.165) is 16.9 Å². The number of carbonyl (C=O) groups is 1. The highest BCUT2D eigenvalue weighted by molar-refractivity contribution is 6.30. The molecule has 1 amide bonds. The highest BCUT2D eigenvalue weighted by Crippen LogP contribution is 2.19. The van der Waals surface area contributed by atoms with E-state index >= 15 is 0 Å². The van der Waals surface area contributed by atoms with Gasteiger partial charge < -0.3 is 10.6 Å². The van der Waals surface area contributed by atoms with Crippen molar-refractivity contribution in [1.29, 1.82) is 0 Å². The lowest BCUT2D eigenvalue weighted by molar-refractivity contribution is 0.0946. The number of anilines is 2. The number of hydrogen-bond donors (Lipinski definition) is 2. The molecule has 0 aliphatic heterocycles. The maximum atomic E-state index is 12.2. The Morgan fingerprint density at radius 2 is 1.71 bits per heavy atom. The van der Waals surface area contributed by atoms with Crippen LogP contribution in [0.1, 0.15) is 16.1 Å². The Labute approximate surface area is 144 Å². The van der Waals surface area contributed by atoms with Gasteiger partial charge in [-0.05, 0) is 54.1 Å². The predicted octanol–water partition coefficient (Wildman–Crippen LogP) is 3.80. The van der Waals surface area contributed by atoms with Crippen molar-refractivity contribution in [3.63, 3.8) is 0 Å². The number of hydrogen-bond acceptors (Lipinski definition) is 4. The largest absolute Gasteiger partial charge is 0.355 e. The molecule has 0 radical (unpaired) electrons. The third-order valence-electron chi connectivity index (χ3n) is 3.33. The van der Waals surface area contributed by atoms with E-state index in [-0.39, 0.29) is 5.91 Å². The van der Waals surface area contributed by atoms with Crippen LogP contribution in [0.15, 0.2) is 67.1 Å². The van der Waals surface area contributed by atoms with Gasteiger partial charge in [-0.1, -0.05) is 11.6 Å². The van der Waals surface area contributed by atoms with Gasteiger partial charge in [-0.25, -0.2) is 0 Å². The van der Waals surface area contributed by atoms with E-state index in [1.165, 1.54) is 0 Å². The summed E-state index contributed by atoms with van der Waals surface area (Å²) in [6.45, 7) is 0.428. The van der Waals surface area contributed by atoms with E-state index in [0.29, 0.717) is 17.3 Å². The molecular formula is C18H15ClN4O. The number of aromatic nitrogens is 2. The lowest BCUT2D eigenvalue weighted by Gasteiger charge is -2.09. The number of amides is 1. The monoisotopic (exact) mass is 338 g/mol. The number of pyridine rings is 2. The Bertz CT molecular complexity index is 822. The normalized spacial score (nSPS) is 10.2. The Balaban J connectivity index is 1.65. The van der Waals surface area contributed by atoms with Gasteiger partial charge in [0.1, 0.15) is 5.69 Å². The number of nitrogens with one attached hydrogen (secondary N) is 2. The fourth-order valence-corrected chi connectivity index (χ4v) is 2.23. The molecule has 2 N–H and O–H groups in total. The summed E-state index contributed by atoms with van der Waals surface area (Å²) >= 11 is 5.87. The van der Waals surface area contributed by atoms with E-state index in [4.69, 9.17) is 11.6 Å². The third kappa shape index (κ3) is 4.30. The van der Waals surface area contributed by atoms with Crippen LogP contribution in [0.3, 0.4) is 0 Å². The molecule has 0 aliphatic carbocycles. The van der Waals surface area contributed by atoms with Crippen molar-refractivity contribution in [2.75, 3.05) is 5.32 Å². The van der Waals surface area contributed by atoms with Crippen LogP contribution >= 0.6 is 11.6 Å². The van der Waals surface area contributed by atoms with Gasteiger partial charge in [-0.15, -0.1) is 0 Å². The molecule has 0 saturated carbocycles. The average Bonchev–Trinajstić information content (AvgIpc) is 2.63. The van der Waals surface area contributed by atoms with Gasteiger partial charge in [-0.2, -0.15) is 0 Å². The minimum atomic E-state index is -0.230. The fraction of sp³-hybridized carbons (Fsp3) is 0.0556. The van der Waals surface area contributed by atoms with Crippen LogP contribution in [0.25, 0.3) is 0 Å². The van der Waals surface area contributed by atoms with Crippen LogP contribution in [0.5, 0.6) is 0 Å². The summed E-state index contributed by atoms with van der Waals surface area (Å²) in [7, 11) is 0. The second kappa shape index (κ2) is 7.57. The SMILES string of the molecule is O=C(NCc1ccncc1)c1cc(Nc2ccc(Cl)cc2)ccn1. The molecule has 0 bridgehead atoms. The first-order valence-corrected chi connectivity index (χ1v) is 7.74. The van der Waals surface area contributed by atoms with Gasteiger partial charge >= 0.3 is 0 Å². The Morgan fingerprint density at radius 3 is 2.46 bits per heavy atom. The molecule has 2 aromatic heterocycles. The lowest BCUT2D eigenvalue weighted by Crippen LogP contribution is -2.23.